The van der Waals surface area contributed by atoms with Crippen molar-refractivity contribution < 1.29 is 4.79 Å². The van der Waals surface area contributed by atoms with Gasteiger partial charge in [-0.3, -0.25) is 4.79 Å². The molecule has 0 aliphatic carbocycles. The molecule has 1 amide bonds. The van der Waals surface area contributed by atoms with Crippen LogP contribution in [0.3, 0.4) is 0 Å². The van der Waals surface area contributed by atoms with Gasteiger partial charge in [-0.1, -0.05) is 25.1 Å². The number of benzene rings is 1. The van der Waals surface area contributed by atoms with E-state index in [0.29, 0.717) is 6.42 Å². The van der Waals surface area contributed by atoms with E-state index in [1.165, 1.54) is 0 Å². The Labute approximate surface area is 129 Å². The molecule has 4 nitrogen and oxygen atoms in total. The Bertz CT molecular complexity index is 568. The van der Waals surface area contributed by atoms with Gasteiger partial charge in [-0.25, -0.2) is 4.68 Å². The van der Waals surface area contributed by atoms with Crippen LogP contribution in [0.25, 0.3) is 5.69 Å². The topological polar surface area (TPSA) is 46.9 Å². The number of hydrogen-bond donors (Lipinski definition) is 1. The average molecular weight is 303 g/mol. The number of nitrogens with one attached hydrogen (secondary N) is 1. The molecule has 0 radical (unpaired) electrons. The number of thioether (sulfide) groups is 1. The second-order valence-electron chi connectivity index (χ2n) is 4.79. The van der Waals surface area contributed by atoms with Crippen LogP contribution >= 0.6 is 11.8 Å². The molecule has 2 aromatic rings. The molecule has 1 atom stereocenters. The molecule has 0 bridgehead atoms. The third-order valence-corrected chi connectivity index (χ3v) is 4.08. The van der Waals surface area contributed by atoms with E-state index < -0.39 is 0 Å². The van der Waals surface area contributed by atoms with Crippen LogP contribution in [-0.2, 0) is 4.79 Å². The maximum Gasteiger partial charge on any atom is 0.221 e. The van der Waals surface area contributed by atoms with Crippen molar-refractivity contribution in [1.29, 1.82) is 0 Å². The molecule has 0 fully saturated rings. The summed E-state index contributed by atoms with van der Waals surface area (Å²) >= 11 is 1.78. The second kappa shape index (κ2) is 7.88. The number of aromatic nitrogens is 2. The minimum absolute atomic E-state index is 0.0263. The molecule has 21 heavy (non-hydrogen) atoms. The monoisotopic (exact) mass is 303 g/mol. The largest absolute Gasteiger partial charge is 0.349 e. The lowest BCUT2D eigenvalue weighted by Gasteiger charge is -2.11. The molecule has 2 rings (SSSR count). The summed E-state index contributed by atoms with van der Waals surface area (Å²) in [6.07, 6.45) is 4.33. The number of hydrogen-bond acceptors (Lipinski definition) is 3. The van der Waals surface area contributed by atoms with E-state index in [1.54, 1.807) is 18.0 Å². The third-order valence-electron chi connectivity index (χ3n) is 3.18. The first-order chi connectivity index (χ1) is 10.2. The fourth-order valence-electron chi connectivity index (χ4n) is 1.99. The summed E-state index contributed by atoms with van der Waals surface area (Å²) in [7, 11) is 0. The van der Waals surface area contributed by atoms with Gasteiger partial charge in [0.1, 0.15) is 0 Å². The summed E-state index contributed by atoms with van der Waals surface area (Å²) in [5.74, 6) is 2.02. The minimum atomic E-state index is -0.0263. The molecule has 1 N–H and O–H groups in total. The number of para-hydroxylation sites is 1. The molecule has 1 aromatic heterocycles. The van der Waals surface area contributed by atoms with Crippen molar-refractivity contribution in [2.75, 3.05) is 11.5 Å². The average Bonchev–Trinajstić information content (AvgIpc) is 2.98. The number of nitrogens with zero attached hydrogens (tertiary/aromatic N) is 2. The number of amides is 1. The van der Waals surface area contributed by atoms with Crippen molar-refractivity contribution in [1.82, 2.24) is 15.1 Å². The highest BCUT2D eigenvalue weighted by molar-refractivity contribution is 7.99. The Morgan fingerprint density at radius 1 is 1.38 bits per heavy atom. The Kier molecular flexibility index (Phi) is 5.87. The predicted octanol–water partition coefficient (Wildman–Crippen LogP) is 3.19. The van der Waals surface area contributed by atoms with E-state index in [9.17, 15) is 4.79 Å². The quantitative estimate of drug-likeness (QED) is 0.799. The van der Waals surface area contributed by atoms with Crippen molar-refractivity contribution in [2.24, 2.45) is 0 Å². The van der Waals surface area contributed by atoms with Gasteiger partial charge in [0.2, 0.25) is 5.91 Å². The smallest absolute Gasteiger partial charge is 0.221 e. The molecule has 0 saturated heterocycles. The van der Waals surface area contributed by atoms with Crippen LogP contribution in [0.2, 0.25) is 0 Å². The molecule has 0 aliphatic rings. The molecule has 0 spiro atoms. The Morgan fingerprint density at radius 2 is 2.14 bits per heavy atom. The van der Waals surface area contributed by atoms with Gasteiger partial charge >= 0.3 is 0 Å². The summed E-state index contributed by atoms with van der Waals surface area (Å²) in [4.78, 5) is 11.8. The highest BCUT2D eigenvalue weighted by Gasteiger charge is 2.11. The van der Waals surface area contributed by atoms with Crippen molar-refractivity contribution >= 4 is 17.7 Å². The van der Waals surface area contributed by atoms with Gasteiger partial charge in [0.25, 0.3) is 0 Å². The minimum Gasteiger partial charge on any atom is -0.349 e. The SMILES string of the molecule is CCSCCC(=O)N[C@H](C)c1cnn(-c2ccccc2)c1. The highest BCUT2D eigenvalue weighted by atomic mass is 32.2. The van der Waals surface area contributed by atoms with Crippen LogP contribution in [0.15, 0.2) is 42.7 Å². The first kappa shape index (κ1) is 15.6. The number of carbonyl (C=O) groups excluding carboxylic acids is 1. The zero-order valence-corrected chi connectivity index (χ0v) is 13.3. The van der Waals surface area contributed by atoms with Crippen molar-refractivity contribution in [3.63, 3.8) is 0 Å². The van der Waals surface area contributed by atoms with E-state index in [-0.39, 0.29) is 11.9 Å². The van der Waals surface area contributed by atoms with Crippen molar-refractivity contribution in [3.05, 3.63) is 48.3 Å². The second-order valence-corrected chi connectivity index (χ2v) is 6.18. The lowest BCUT2D eigenvalue weighted by molar-refractivity contribution is -0.121. The molecule has 0 unspecified atom stereocenters. The maximum atomic E-state index is 11.8. The van der Waals surface area contributed by atoms with Crippen LogP contribution in [0.5, 0.6) is 0 Å². The van der Waals surface area contributed by atoms with Gasteiger partial charge in [0.05, 0.1) is 17.9 Å². The van der Waals surface area contributed by atoms with Gasteiger partial charge in [-0.2, -0.15) is 16.9 Å². The zero-order valence-electron chi connectivity index (χ0n) is 12.5. The standard InChI is InChI=1S/C16H21N3OS/c1-3-21-10-9-16(20)18-13(2)14-11-17-19(12-14)15-7-5-4-6-8-15/h4-8,11-13H,3,9-10H2,1-2H3,(H,18,20)/t13-/m1/s1. The molecular weight excluding hydrogens is 282 g/mol. The number of rotatable bonds is 7. The van der Waals surface area contributed by atoms with E-state index in [4.69, 9.17) is 0 Å². The van der Waals surface area contributed by atoms with Gasteiger partial charge < -0.3 is 5.32 Å². The van der Waals surface area contributed by atoms with E-state index in [0.717, 1.165) is 22.8 Å². The normalized spacial score (nSPS) is 12.1. The maximum absolute atomic E-state index is 11.8. The Morgan fingerprint density at radius 3 is 2.86 bits per heavy atom. The molecule has 1 heterocycles. The number of carbonyl (C=O) groups is 1. The van der Waals surface area contributed by atoms with Gasteiger partial charge in [-0.05, 0) is 24.8 Å². The van der Waals surface area contributed by atoms with Gasteiger partial charge in [-0.15, -0.1) is 0 Å². The first-order valence-corrected chi connectivity index (χ1v) is 8.33. The van der Waals surface area contributed by atoms with Crippen LogP contribution in [0, 0.1) is 0 Å². The van der Waals surface area contributed by atoms with Crippen LogP contribution in [0.1, 0.15) is 31.9 Å². The lowest BCUT2D eigenvalue weighted by Crippen LogP contribution is -2.26. The predicted molar refractivity (Wildman–Crippen MR) is 87.7 cm³/mol. The van der Waals surface area contributed by atoms with Gasteiger partial charge in [0.15, 0.2) is 0 Å². The fourth-order valence-corrected chi connectivity index (χ4v) is 2.61. The summed E-state index contributed by atoms with van der Waals surface area (Å²) in [6.45, 7) is 4.08. The molecular formula is C16H21N3OS. The summed E-state index contributed by atoms with van der Waals surface area (Å²) in [5.41, 5.74) is 2.02. The fraction of sp³-hybridized carbons (Fsp3) is 0.375. The first-order valence-electron chi connectivity index (χ1n) is 7.17. The zero-order chi connectivity index (χ0) is 15.1. The lowest BCUT2D eigenvalue weighted by atomic mass is 10.2. The third kappa shape index (κ3) is 4.63. The van der Waals surface area contributed by atoms with Crippen molar-refractivity contribution in [2.45, 2.75) is 26.3 Å². The van der Waals surface area contributed by atoms with E-state index in [1.807, 2.05) is 48.1 Å². The molecule has 0 saturated carbocycles. The van der Waals surface area contributed by atoms with Crippen molar-refractivity contribution in [3.8, 4) is 5.69 Å². The highest BCUT2D eigenvalue weighted by Crippen LogP contribution is 2.14. The molecule has 1 aromatic carbocycles. The van der Waals surface area contributed by atoms with Gasteiger partial charge in [0, 0.05) is 23.9 Å². The van der Waals surface area contributed by atoms with E-state index >= 15 is 0 Å². The summed E-state index contributed by atoms with van der Waals surface area (Å²) < 4.78 is 1.82. The Hall–Kier alpha value is -1.75. The molecule has 0 aliphatic heterocycles. The molecule has 5 heteroatoms. The van der Waals surface area contributed by atoms with Crippen LogP contribution in [0.4, 0.5) is 0 Å². The molecule has 112 valence electrons. The Balaban J connectivity index is 1.93. The summed E-state index contributed by atoms with van der Waals surface area (Å²) in [5, 5.41) is 7.37. The van der Waals surface area contributed by atoms with Crippen LogP contribution < -0.4 is 5.32 Å². The van der Waals surface area contributed by atoms with E-state index in [2.05, 4.69) is 17.3 Å². The summed E-state index contributed by atoms with van der Waals surface area (Å²) in [6, 6.07) is 9.91. The van der Waals surface area contributed by atoms with Crippen LogP contribution in [-0.4, -0.2) is 27.2 Å².